The highest BCUT2D eigenvalue weighted by molar-refractivity contribution is 8.28. The number of nitrogens with zero attached hydrogens (tertiary/aromatic N) is 2. The van der Waals surface area contributed by atoms with Crippen molar-refractivity contribution in [3.8, 4) is 5.88 Å². The minimum Gasteiger partial charge on any atom is -0.531 e. The van der Waals surface area contributed by atoms with Gasteiger partial charge in [-0.05, 0) is 19.6 Å². The molecule has 21 heavy (non-hydrogen) atoms. The van der Waals surface area contributed by atoms with E-state index in [-0.39, 0.29) is 0 Å². The number of anilines is 1. The number of rotatable bonds is 6. The van der Waals surface area contributed by atoms with E-state index in [9.17, 15) is 0 Å². The molecule has 0 spiro atoms. The normalized spacial score (nSPS) is 13.2. The number of nitrogens with one attached hydrogen (secondary N) is 1. The molecule has 0 bridgehead atoms. The summed E-state index contributed by atoms with van der Waals surface area (Å²) >= 11 is 1.81. The molecule has 1 aromatic heterocycles. The molecule has 0 saturated heterocycles. The van der Waals surface area contributed by atoms with Gasteiger partial charge in [-0.25, -0.2) is 4.98 Å². The third kappa shape index (κ3) is 8.64. The average molecular weight is 360 g/mol. The Kier molecular flexibility index (Phi) is 5.74. The van der Waals surface area contributed by atoms with Gasteiger partial charge in [0.05, 0.1) is 0 Å². The minimum absolute atomic E-state index is 0.714. The molecule has 1 rings (SSSR count). The van der Waals surface area contributed by atoms with Crippen LogP contribution in [-0.4, -0.2) is 33.7 Å². The summed E-state index contributed by atoms with van der Waals surface area (Å²) in [6.07, 6.45) is 0. The highest BCUT2D eigenvalue weighted by Crippen LogP contribution is 2.29. The Morgan fingerprint density at radius 3 is 1.95 bits per heavy atom. The Morgan fingerprint density at radius 1 is 0.952 bits per heavy atom. The first-order chi connectivity index (χ1) is 9.23. The van der Waals surface area contributed by atoms with Gasteiger partial charge < -0.3 is 9.41 Å². The maximum absolute atomic E-state index is 6.08. The van der Waals surface area contributed by atoms with E-state index in [0.717, 1.165) is 11.0 Å². The number of aromatic nitrogens is 2. The van der Waals surface area contributed by atoms with Crippen LogP contribution in [0.15, 0.2) is 11.2 Å². The van der Waals surface area contributed by atoms with Crippen LogP contribution < -0.4 is 9.41 Å². The van der Waals surface area contributed by atoms with E-state index >= 15 is 0 Å². The standard InChI is InChI=1S/C13H29N3OSSi3/c1-19(2,3)16-11-10-12(17-20(4,5)6)15-13(14-11)18-21(7,8)9/h10H,1-9H3,(H,14,15,16). The molecule has 0 fully saturated rings. The molecular formula is C13H29N3OSSi3. The second-order valence-corrected chi connectivity index (χ2v) is 26.4. The summed E-state index contributed by atoms with van der Waals surface area (Å²) in [6.45, 7) is 20.2. The van der Waals surface area contributed by atoms with E-state index < -0.39 is 23.8 Å². The van der Waals surface area contributed by atoms with E-state index in [1.54, 1.807) is 0 Å². The van der Waals surface area contributed by atoms with Crippen LogP contribution in [0, 0.1) is 0 Å². The largest absolute Gasteiger partial charge is 0.531 e. The van der Waals surface area contributed by atoms with Gasteiger partial charge in [0.2, 0.25) is 14.2 Å². The Bertz CT molecular complexity index is 409. The zero-order valence-electron chi connectivity index (χ0n) is 14.8. The fourth-order valence-corrected chi connectivity index (χ4v) is 5.91. The molecule has 0 aromatic carbocycles. The van der Waals surface area contributed by atoms with Crippen LogP contribution in [0.3, 0.4) is 0 Å². The lowest BCUT2D eigenvalue weighted by Gasteiger charge is -2.23. The lowest BCUT2D eigenvalue weighted by atomic mass is 10.6. The Balaban J connectivity index is 3.13. The molecule has 1 heterocycles. The predicted octanol–water partition coefficient (Wildman–Crippen LogP) is 4.86. The van der Waals surface area contributed by atoms with Crippen molar-refractivity contribution in [1.82, 2.24) is 9.97 Å². The van der Waals surface area contributed by atoms with Gasteiger partial charge in [-0.3, -0.25) is 0 Å². The fourth-order valence-electron chi connectivity index (χ4n) is 1.54. The number of hydrogen-bond donors (Lipinski definition) is 1. The van der Waals surface area contributed by atoms with E-state index in [1.807, 2.05) is 17.3 Å². The molecule has 1 N–H and O–H groups in total. The van der Waals surface area contributed by atoms with Gasteiger partial charge in [0.1, 0.15) is 21.3 Å². The monoisotopic (exact) mass is 359 g/mol. The highest BCUT2D eigenvalue weighted by atomic mass is 32.4. The average Bonchev–Trinajstić information content (AvgIpc) is 2.06. The molecule has 8 heteroatoms. The van der Waals surface area contributed by atoms with Crippen molar-refractivity contribution in [3.63, 3.8) is 0 Å². The second kappa shape index (κ2) is 6.43. The summed E-state index contributed by atoms with van der Waals surface area (Å²) in [7, 11) is -4.44. The SMILES string of the molecule is C[Si](C)(C)Nc1cc(O[Si](C)(C)C)nc(S[Si](C)(C)C)n1. The summed E-state index contributed by atoms with van der Waals surface area (Å²) in [6, 6.07) is 1.95. The first-order valence-corrected chi connectivity index (χ1v) is 19.2. The fraction of sp³-hybridized carbons (Fsp3) is 0.692. The van der Waals surface area contributed by atoms with Crippen molar-refractivity contribution in [3.05, 3.63) is 6.07 Å². The first kappa shape index (κ1) is 18.7. The molecule has 1 aromatic rings. The summed E-state index contributed by atoms with van der Waals surface area (Å²) in [5.41, 5.74) is 0. The van der Waals surface area contributed by atoms with Gasteiger partial charge >= 0.3 is 0 Å². The lowest BCUT2D eigenvalue weighted by molar-refractivity contribution is 0.525. The van der Waals surface area contributed by atoms with Gasteiger partial charge in [0.15, 0.2) is 5.16 Å². The molecule has 0 unspecified atom stereocenters. The Morgan fingerprint density at radius 2 is 1.52 bits per heavy atom. The maximum atomic E-state index is 6.08. The molecule has 0 aliphatic heterocycles. The van der Waals surface area contributed by atoms with Crippen LogP contribution in [0.4, 0.5) is 5.82 Å². The summed E-state index contributed by atoms with van der Waals surface area (Å²) in [5, 5.41) is 0.839. The maximum Gasteiger partial charge on any atom is 0.244 e. The van der Waals surface area contributed by atoms with Crippen molar-refractivity contribution < 1.29 is 4.43 Å². The third-order valence-electron chi connectivity index (χ3n) is 1.99. The zero-order chi connectivity index (χ0) is 16.5. The van der Waals surface area contributed by atoms with E-state index in [0.29, 0.717) is 5.88 Å². The molecule has 120 valence electrons. The van der Waals surface area contributed by atoms with Crippen LogP contribution >= 0.6 is 11.2 Å². The second-order valence-electron chi connectivity index (χ2n) is 8.18. The first-order valence-electron chi connectivity index (χ1n) is 7.29. The Hall–Kier alpha value is -0.319. The molecule has 0 atom stereocenters. The van der Waals surface area contributed by atoms with Crippen LogP contribution in [0.25, 0.3) is 0 Å². The summed E-state index contributed by atoms with van der Waals surface area (Å²) in [4.78, 5) is 12.8. The molecule has 4 nitrogen and oxygen atoms in total. The molecule has 0 radical (unpaired) electrons. The summed E-state index contributed by atoms with van der Waals surface area (Å²) in [5.74, 6) is 1.61. The van der Waals surface area contributed by atoms with E-state index in [2.05, 4.69) is 73.9 Å². The summed E-state index contributed by atoms with van der Waals surface area (Å²) < 4.78 is 6.08. The van der Waals surface area contributed by atoms with Gasteiger partial charge in [-0.15, -0.1) is 11.2 Å². The van der Waals surface area contributed by atoms with Crippen molar-refractivity contribution in [2.75, 3.05) is 4.98 Å². The van der Waals surface area contributed by atoms with Gasteiger partial charge in [-0.1, -0.05) is 39.3 Å². The minimum atomic E-state index is -1.67. The van der Waals surface area contributed by atoms with Crippen LogP contribution in [0.2, 0.25) is 58.9 Å². The van der Waals surface area contributed by atoms with Crippen molar-refractivity contribution in [2.24, 2.45) is 0 Å². The van der Waals surface area contributed by atoms with Gasteiger partial charge in [-0.2, -0.15) is 4.98 Å². The van der Waals surface area contributed by atoms with Gasteiger partial charge in [0, 0.05) is 6.07 Å². The zero-order valence-corrected chi connectivity index (χ0v) is 18.6. The molecule has 0 saturated carbocycles. The Labute approximate surface area is 136 Å². The van der Waals surface area contributed by atoms with Gasteiger partial charge in [0.25, 0.3) is 0 Å². The third-order valence-corrected chi connectivity index (χ3v) is 7.18. The van der Waals surface area contributed by atoms with Crippen LogP contribution in [-0.2, 0) is 0 Å². The topological polar surface area (TPSA) is 47.0 Å². The van der Waals surface area contributed by atoms with Crippen molar-refractivity contribution in [2.45, 2.75) is 64.1 Å². The van der Waals surface area contributed by atoms with Crippen molar-refractivity contribution >= 4 is 40.8 Å². The highest BCUT2D eigenvalue weighted by Gasteiger charge is 2.23. The molecular weight excluding hydrogens is 330 g/mol. The van der Waals surface area contributed by atoms with Crippen LogP contribution in [0.5, 0.6) is 5.88 Å². The number of hydrogen-bond acceptors (Lipinski definition) is 5. The van der Waals surface area contributed by atoms with Crippen LogP contribution in [0.1, 0.15) is 0 Å². The predicted molar refractivity (Wildman–Crippen MR) is 102 cm³/mol. The smallest absolute Gasteiger partial charge is 0.244 e. The molecule has 0 aliphatic carbocycles. The molecule has 0 amide bonds. The lowest BCUT2D eigenvalue weighted by Crippen LogP contribution is -2.33. The van der Waals surface area contributed by atoms with E-state index in [4.69, 9.17) is 4.43 Å². The van der Waals surface area contributed by atoms with Crippen molar-refractivity contribution in [1.29, 1.82) is 0 Å². The quantitative estimate of drug-likeness (QED) is 0.580. The van der Waals surface area contributed by atoms with E-state index in [1.165, 1.54) is 0 Å². The molecule has 0 aliphatic rings.